The third-order valence-electron chi connectivity index (χ3n) is 1.94. The van der Waals surface area contributed by atoms with Gasteiger partial charge in [0, 0.05) is 16.8 Å². The SMILES string of the molecule is C=CC(=O)OCCOC(=O)c1cc(I)cc(I)c1I. The lowest BCUT2D eigenvalue weighted by Crippen LogP contribution is -2.14. The van der Waals surface area contributed by atoms with Gasteiger partial charge in [-0.15, -0.1) is 0 Å². The zero-order valence-corrected chi connectivity index (χ0v) is 16.1. The average Bonchev–Trinajstić information content (AvgIpc) is 2.38. The van der Waals surface area contributed by atoms with Crippen LogP contribution >= 0.6 is 67.8 Å². The maximum absolute atomic E-state index is 11.9. The Hall–Kier alpha value is 0.0900. The van der Waals surface area contributed by atoms with Crippen LogP contribution in [0.4, 0.5) is 0 Å². The fourth-order valence-corrected chi connectivity index (χ4v) is 3.49. The first kappa shape index (κ1) is 17.1. The summed E-state index contributed by atoms with van der Waals surface area (Å²) in [7, 11) is 0. The van der Waals surface area contributed by atoms with Gasteiger partial charge in [-0.2, -0.15) is 0 Å². The molecule has 0 saturated heterocycles. The molecule has 0 aliphatic rings. The Morgan fingerprint density at radius 1 is 1.16 bits per heavy atom. The third-order valence-corrected chi connectivity index (χ3v) is 5.61. The van der Waals surface area contributed by atoms with Gasteiger partial charge in [0.05, 0.1) is 5.56 Å². The van der Waals surface area contributed by atoms with E-state index in [9.17, 15) is 9.59 Å². The first-order chi connectivity index (χ1) is 8.95. The van der Waals surface area contributed by atoms with Crippen molar-refractivity contribution in [2.24, 2.45) is 0 Å². The first-order valence-electron chi connectivity index (χ1n) is 5.06. The summed E-state index contributed by atoms with van der Waals surface area (Å²) >= 11 is 6.41. The summed E-state index contributed by atoms with van der Waals surface area (Å²) in [5, 5.41) is 0. The lowest BCUT2D eigenvalue weighted by atomic mass is 10.2. The number of carbonyl (C=O) groups is 2. The lowest BCUT2D eigenvalue weighted by molar-refractivity contribution is -0.138. The highest BCUT2D eigenvalue weighted by molar-refractivity contribution is 14.1. The summed E-state index contributed by atoms with van der Waals surface area (Å²) in [6, 6.07) is 3.74. The first-order valence-corrected chi connectivity index (χ1v) is 8.30. The van der Waals surface area contributed by atoms with E-state index in [-0.39, 0.29) is 13.2 Å². The average molecular weight is 598 g/mol. The summed E-state index contributed by atoms with van der Waals surface area (Å²) in [6.45, 7) is 3.31. The van der Waals surface area contributed by atoms with E-state index < -0.39 is 11.9 Å². The van der Waals surface area contributed by atoms with Crippen molar-refractivity contribution in [1.82, 2.24) is 0 Å². The molecule has 0 bridgehead atoms. The van der Waals surface area contributed by atoms with E-state index in [1.165, 1.54) is 0 Å². The van der Waals surface area contributed by atoms with Crippen LogP contribution in [0.1, 0.15) is 10.4 Å². The van der Waals surface area contributed by atoms with Crippen LogP contribution in [-0.2, 0) is 14.3 Å². The maximum atomic E-state index is 11.9. The number of halogens is 3. The van der Waals surface area contributed by atoms with Crippen molar-refractivity contribution < 1.29 is 19.1 Å². The Morgan fingerprint density at radius 2 is 1.79 bits per heavy atom. The molecule has 102 valence electrons. The lowest BCUT2D eigenvalue weighted by Gasteiger charge is -2.08. The molecule has 0 fully saturated rings. The molecule has 0 amide bonds. The van der Waals surface area contributed by atoms with E-state index in [2.05, 4.69) is 74.4 Å². The second-order valence-corrected chi connectivity index (χ2v) is 6.74. The highest BCUT2D eigenvalue weighted by atomic mass is 127. The van der Waals surface area contributed by atoms with Gasteiger partial charge in [-0.3, -0.25) is 0 Å². The molecule has 0 N–H and O–H groups in total. The number of ether oxygens (including phenoxy) is 2. The van der Waals surface area contributed by atoms with E-state index >= 15 is 0 Å². The van der Waals surface area contributed by atoms with Gasteiger partial charge < -0.3 is 9.47 Å². The van der Waals surface area contributed by atoms with Crippen molar-refractivity contribution in [3.05, 3.63) is 41.1 Å². The Balaban J connectivity index is 2.59. The summed E-state index contributed by atoms with van der Waals surface area (Å²) in [6.07, 6.45) is 1.06. The second-order valence-electron chi connectivity index (χ2n) is 3.26. The Morgan fingerprint density at radius 3 is 2.42 bits per heavy atom. The van der Waals surface area contributed by atoms with Crippen molar-refractivity contribution >= 4 is 79.7 Å². The van der Waals surface area contributed by atoms with E-state index in [1.54, 1.807) is 6.07 Å². The normalized spacial score (nSPS) is 9.84. The molecule has 0 aromatic heterocycles. The van der Waals surface area contributed by atoms with Gasteiger partial charge in [0.1, 0.15) is 13.2 Å². The topological polar surface area (TPSA) is 52.6 Å². The van der Waals surface area contributed by atoms with Crippen molar-refractivity contribution in [2.45, 2.75) is 0 Å². The highest BCUT2D eigenvalue weighted by Crippen LogP contribution is 2.23. The number of carbonyl (C=O) groups excluding carboxylic acids is 2. The Kier molecular flexibility index (Phi) is 7.57. The molecular formula is C12H9I3O4. The van der Waals surface area contributed by atoms with Crippen LogP contribution in [0.25, 0.3) is 0 Å². The van der Waals surface area contributed by atoms with Gasteiger partial charge in [-0.05, 0) is 79.9 Å². The van der Waals surface area contributed by atoms with Crippen LogP contribution in [0.5, 0.6) is 0 Å². The fourth-order valence-electron chi connectivity index (χ4n) is 1.12. The predicted octanol–water partition coefficient (Wildman–Crippen LogP) is 3.39. The van der Waals surface area contributed by atoms with Gasteiger partial charge in [0.2, 0.25) is 0 Å². The van der Waals surface area contributed by atoms with Crippen molar-refractivity contribution in [2.75, 3.05) is 13.2 Å². The maximum Gasteiger partial charge on any atom is 0.339 e. The molecule has 1 aromatic carbocycles. The van der Waals surface area contributed by atoms with Gasteiger partial charge in [-0.25, -0.2) is 9.59 Å². The van der Waals surface area contributed by atoms with E-state index in [4.69, 9.17) is 9.47 Å². The molecule has 0 saturated carbocycles. The quantitative estimate of drug-likeness (QED) is 0.172. The zero-order chi connectivity index (χ0) is 14.4. The minimum Gasteiger partial charge on any atom is -0.459 e. The summed E-state index contributed by atoms with van der Waals surface area (Å²) < 4.78 is 12.6. The number of rotatable bonds is 5. The Labute approximate surface area is 151 Å². The molecule has 0 atom stereocenters. The van der Waals surface area contributed by atoms with Gasteiger partial charge in [0.15, 0.2) is 0 Å². The predicted molar refractivity (Wildman–Crippen MR) is 96.0 cm³/mol. The molecular weight excluding hydrogens is 589 g/mol. The molecule has 1 rings (SSSR count). The Bertz CT molecular complexity index is 514. The van der Waals surface area contributed by atoms with Gasteiger partial charge in [0.25, 0.3) is 0 Å². The monoisotopic (exact) mass is 598 g/mol. The molecule has 0 radical (unpaired) electrons. The zero-order valence-electron chi connectivity index (χ0n) is 9.62. The molecule has 0 aliphatic heterocycles. The van der Waals surface area contributed by atoms with Crippen LogP contribution in [-0.4, -0.2) is 25.2 Å². The summed E-state index contributed by atoms with van der Waals surface area (Å²) in [5.41, 5.74) is 0.520. The molecule has 0 unspecified atom stereocenters. The van der Waals surface area contributed by atoms with Crippen LogP contribution in [0.2, 0.25) is 0 Å². The number of hydrogen-bond acceptors (Lipinski definition) is 4. The van der Waals surface area contributed by atoms with E-state index in [1.807, 2.05) is 6.07 Å². The second kappa shape index (κ2) is 8.39. The molecule has 0 spiro atoms. The largest absolute Gasteiger partial charge is 0.459 e. The van der Waals surface area contributed by atoms with Gasteiger partial charge in [-0.1, -0.05) is 6.58 Å². The van der Waals surface area contributed by atoms with E-state index in [0.717, 1.165) is 16.8 Å². The molecule has 0 heterocycles. The smallest absolute Gasteiger partial charge is 0.339 e. The number of hydrogen-bond donors (Lipinski definition) is 0. The van der Waals surface area contributed by atoms with Crippen LogP contribution in [0.15, 0.2) is 24.8 Å². The minimum atomic E-state index is -0.533. The van der Waals surface area contributed by atoms with Crippen LogP contribution < -0.4 is 0 Å². The summed E-state index contributed by atoms with van der Waals surface area (Å²) in [5.74, 6) is -0.954. The molecule has 4 nitrogen and oxygen atoms in total. The van der Waals surface area contributed by atoms with Gasteiger partial charge >= 0.3 is 11.9 Å². The van der Waals surface area contributed by atoms with Crippen LogP contribution in [0.3, 0.4) is 0 Å². The van der Waals surface area contributed by atoms with Crippen molar-refractivity contribution in [1.29, 1.82) is 0 Å². The van der Waals surface area contributed by atoms with Crippen molar-refractivity contribution in [3.8, 4) is 0 Å². The highest BCUT2D eigenvalue weighted by Gasteiger charge is 2.15. The number of benzene rings is 1. The van der Waals surface area contributed by atoms with Crippen molar-refractivity contribution in [3.63, 3.8) is 0 Å². The fraction of sp³-hybridized carbons (Fsp3) is 0.167. The van der Waals surface area contributed by atoms with E-state index in [0.29, 0.717) is 5.56 Å². The standard InChI is InChI=1S/C12H9I3O4/c1-2-10(16)18-3-4-19-12(17)8-5-7(13)6-9(14)11(8)15/h2,5-6H,1,3-4H2. The van der Waals surface area contributed by atoms with Crippen LogP contribution in [0, 0.1) is 10.7 Å². The molecule has 7 heteroatoms. The minimum absolute atomic E-state index is 0.0220. The third kappa shape index (κ3) is 5.53. The molecule has 19 heavy (non-hydrogen) atoms. The molecule has 1 aromatic rings. The number of esters is 2. The summed E-state index contributed by atoms with van der Waals surface area (Å²) in [4.78, 5) is 22.7. The molecule has 0 aliphatic carbocycles.